The Labute approximate surface area is 231 Å². The maximum absolute atomic E-state index is 16.1. The van der Waals surface area contributed by atoms with Crippen LogP contribution >= 0.6 is 0 Å². The van der Waals surface area contributed by atoms with Gasteiger partial charge in [0.1, 0.15) is 11.6 Å². The molecule has 0 aliphatic heterocycles. The molecule has 0 spiro atoms. The molecule has 6 atom stereocenters. The van der Waals surface area contributed by atoms with Gasteiger partial charge in [-0.05, 0) is 58.8 Å². The van der Waals surface area contributed by atoms with E-state index in [1.165, 1.54) is 19.0 Å². The normalized spacial score (nSPS) is 29.9. The second-order valence-electron chi connectivity index (χ2n) is 11.8. The molecule has 3 aliphatic rings. The number of benzene rings is 1. The van der Waals surface area contributed by atoms with Crippen molar-refractivity contribution in [1.82, 2.24) is 10.2 Å². The quantitative estimate of drug-likeness (QED) is 0.212. The molecule has 3 aliphatic carbocycles. The highest BCUT2D eigenvalue weighted by Gasteiger charge is 2.69. The molecule has 0 aromatic heterocycles. The summed E-state index contributed by atoms with van der Waals surface area (Å²) in [7, 11) is 4.72. The topological polar surface area (TPSA) is 179 Å². The Morgan fingerprint density at radius 2 is 1.85 bits per heavy atom. The number of rotatable bonds is 8. The zero-order valence-electron chi connectivity index (χ0n) is 23.3. The van der Waals surface area contributed by atoms with Crippen molar-refractivity contribution in [1.29, 1.82) is 0 Å². The van der Waals surface area contributed by atoms with Crippen molar-refractivity contribution >= 4 is 34.7 Å². The number of likely N-dealkylation sites (N-methyl/N-ethyl adjacent to an activating group) is 2. The summed E-state index contributed by atoms with van der Waals surface area (Å²) in [6.45, 7) is 4.62. The molecule has 0 bridgehead atoms. The van der Waals surface area contributed by atoms with E-state index in [-0.39, 0.29) is 47.6 Å². The van der Waals surface area contributed by atoms with Crippen molar-refractivity contribution in [2.75, 3.05) is 39.5 Å². The maximum atomic E-state index is 16.1. The minimum atomic E-state index is -2.82. The lowest BCUT2D eigenvalue weighted by Gasteiger charge is -2.52. The van der Waals surface area contributed by atoms with Gasteiger partial charge < -0.3 is 26.6 Å². The molecule has 1 amide bonds. The number of nitrogens with two attached hydrogens (primary N) is 1. The van der Waals surface area contributed by atoms with E-state index in [2.05, 4.69) is 10.6 Å². The molecule has 12 heteroatoms. The third-order valence-corrected chi connectivity index (χ3v) is 8.57. The lowest BCUT2D eigenvalue weighted by Crippen LogP contribution is -2.74. The summed E-state index contributed by atoms with van der Waals surface area (Å²) >= 11 is 0. The Kier molecular flexibility index (Phi) is 7.91. The van der Waals surface area contributed by atoms with Gasteiger partial charge in [0.15, 0.2) is 34.7 Å². The van der Waals surface area contributed by atoms with Crippen LogP contribution in [-0.4, -0.2) is 90.0 Å². The number of phenolic OH excluding ortho intramolecular Hbond substituents is 1. The molecule has 2 fully saturated rings. The van der Waals surface area contributed by atoms with Crippen LogP contribution in [0.4, 0.5) is 10.1 Å². The number of fused-ring (bicyclic) bond motifs is 3. The number of carbonyl (C=O) groups is 5. The van der Waals surface area contributed by atoms with Gasteiger partial charge >= 0.3 is 0 Å². The summed E-state index contributed by atoms with van der Waals surface area (Å²) in [5.41, 5.74) is 2.39. The van der Waals surface area contributed by atoms with Crippen molar-refractivity contribution in [3.05, 3.63) is 22.5 Å². The smallest absolute Gasteiger partial charge is 0.235 e. The van der Waals surface area contributed by atoms with E-state index in [0.717, 1.165) is 0 Å². The highest BCUT2D eigenvalue weighted by atomic mass is 19.1. The van der Waals surface area contributed by atoms with Gasteiger partial charge in [0, 0.05) is 23.6 Å². The first-order valence-electron chi connectivity index (χ1n) is 13.5. The second-order valence-corrected chi connectivity index (χ2v) is 11.8. The summed E-state index contributed by atoms with van der Waals surface area (Å²) in [4.78, 5) is 67.9. The number of hydrogen-bond donors (Lipinski definition) is 5. The van der Waals surface area contributed by atoms with Crippen molar-refractivity contribution in [2.45, 2.75) is 44.8 Å². The Hall–Kier alpha value is -3.22. The molecule has 6 N–H and O–H groups in total. The summed E-state index contributed by atoms with van der Waals surface area (Å²) in [5, 5.41) is 28.9. The number of hydrogen-bond acceptors (Lipinski definition) is 10. The molecule has 40 heavy (non-hydrogen) atoms. The zero-order chi connectivity index (χ0) is 29.8. The number of phenols is 1. The average molecular weight is 561 g/mol. The van der Waals surface area contributed by atoms with E-state index in [4.69, 9.17) is 5.73 Å². The number of anilines is 1. The minimum Gasteiger partial charge on any atom is -0.505 e. The second kappa shape index (κ2) is 10.6. The number of carbonyl (C=O) groups excluding carboxylic acids is 5. The molecular weight excluding hydrogens is 523 g/mol. The van der Waals surface area contributed by atoms with Gasteiger partial charge in [-0.2, -0.15) is 0 Å². The molecule has 2 unspecified atom stereocenters. The first kappa shape index (κ1) is 29.8. The van der Waals surface area contributed by atoms with E-state index >= 15 is 4.39 Å². The van der Waals surface area contributed by atoms with Crippen LogP contribution in [0.2, 0.25) is 0 Å². The molecule has 0 saturated heterocycles. The van der Waals surface area contributed by atoms with Crippen molar-refractivity contribution in [2.24, 2.45) is 35.3 Å². The molecule has 11 nitrogen and oxygen atoms in total. The average Bonchev–Trinajstić information content (AvgIpc) is 2.86. The van der Waals surface area contributed by atoms with Crippen LogP contribution in [0.25, 0.3) is 0 Å². The third kappa shape index (κ3) is 4.33. The first-order chi connectivity index (χ1) is 18.7. The molecule has 1 aromatic carbocycles. The fraction of sp³-hybridized carbons (Fsp3) is 0.607. The van der Waals surface area contributed by atoms with Crippen LogP contribution in [-0.2, 0) is 32.0 Å². The number of primary amides is 1. The third-order valence-electron chi connectivity index (χ3n) is 8.57. The van der Waals surface area contributed by atoms with E-state index in [0.29, 0.717) is 13.1 Å². The van der Waals surface area contributed by atoms with Crippen LogP contribution in [0.3, 0.4) is 0 Å². The maximum Gasteiger partial charge on any atom is 0.235 e. The molecule has 1 aromatic rings. The summed E-state index contributed by atoms with van der Waals surface area (Å²) in [5.74, 6) is -12.3. The van der Waals surface area contributed by atoms with Gasteiger partial charge in [0.2, 0.25) is 5.91 Å². The SMILES string of the molecule is CNCCc1c(F)c2c(c(O)c1NCC(C)C)C(=O)C1C(=O)[C@]3(O)C(=O)C(C(N)=O)C(=O)[C@@H](N(C)C)[C@@H]3C[C@@H]1C2. The van der Waals surface area contributed by atoms with Crippen molar-refractivity contribution in [3.8, 4) is 5.75 Å². The number of ketones is 4. The van der Waals surface area contributed by atoms with E-state index in [1.807, 2.05) is 13.8 Å². The van der Waals surface area contributed by atoms with E-state index < -0.39 is 75.9 Å². The van der Waals surface area contributed by atoms with Gasteiger partial charge in [-0.1, -0.05) is 13.8 Å². The Morgan fingerprint density at radius 1 is 1.20 bits per heavy atom. The predicted octanol–water partition coefficient (Wildman–Crippen LogP) is -0.164. The van der Waals surface area contributed by atoms with E-state index in [1.54, 1.807) is 7.05 Å². The van der Waals surface area contributed by atoms with Crippen LogP contribution in [0.15, 0.2) is 0 Å². The fourth-order valence-corrected chi connectivity index (χ4v) is 6.73. The number of nitrogens with one attached hydrogen (secondary N) is 2. The summed E-state index contributed by atoms with van der Waals surface area (Å²) in [6.07, 6.45) is -0.0427. The van der Waals surface area contributed by atoms with Gasteiger partial charge in [-0.15, -0.1) is 0 Å². The number of nitrogens with zero attached hydrogens (tertiary/aromatic N) is 1. The number of aromatic hydroxyl groups is 1. The summed E-state index contributed by atoms with van der Waals surface area (Å²) < 4.78 is 16.1. The lowest BCUT2D eigenvalue weighted by atomic mass is 9.52. The van der Waals surface area contributed by atoms with Crippen molar-refractivity contribution < 1.29 is 38.6 Å². The van der Waals surface area contributed by atoms with Crippen LogP contribution in [0.5, 0.6) is 5.75 Å². The van der Waals surface area contributed by atoms with Gasteiger partial charge in [0.25, 0.3) is 0 Å². The van der Waals surface area contributed by atoms with Crippen LogP contribution in [0, 0.1) is 35.4 Å². The molecule has 2 saturated carbocycles. The highest BCUT2D eigenvalue weighted by molar-refractivity contribution is 6.32. The zero-order valence-corrected chi connectivity index (χ0v) is 23.3. The van der Waals surface area contributed by atoms with Gasteiger partial charge in [-0.3, -0.25) is 28.9 Å². The fourth-order valence-electron chi connectivity index (χ4n) is 6.73. The van der Waals surface area contributed by atoms with Crippen LogP contribution < -0.4 is 16.4 Å². The number of amides is 1. The minimum absolute atomic E-state index is 0.0342. The molecular formula is C28H37FN4O7. The monoisotopic (exact) mass is 560 g/mol. The number of halogens is 1. The van der Waals surface area contributed by atoms with Gasteiger partial charge in [0.05, 0.1) is 23.2 Å². The van der Waals surface area contributed by atoms with Crippen LogP contribution in [0.1, 0.15) is 41.8 Å². The number of aliphatic hydroxyl groups is 1. The highest BCUT2D eigenvalue weighted by Crippen LogP contribution is 2.52. The number of Topliss-reactive ketones (excluding diaryl/α,β-unsaturated/α-hetero) is 4. The largest absolute Gasteiger partial charge is 0.505 e. The predicted molar refractivity (Wildman–Crippen MR) is 142 cm³/mol. The standard InChI is InChI=1S/C28H37FN4O7/c1-11(2)10-32-20-13(6-7-31-3)19(29)14-8-12-9-15-21(33(4)5)24(36)18(27(30)39)26(38)28(15,40)25(37)16(12)22(34)17(14)23(20)35/h11-12,15-16,18,21,31-32,35,40H,6-10H2,1-5H3,(H2,30,39)/t12-,15-,16?,18?,21-,28-/m0/s1. The summed E-state index contributed by atoms with van der Waals surface area (Å²) in [6, 6.07) is -1.21. The molecule has 4 rings (SSSR count). The molecule has 0 heterocycles. The lowest BCUT2D eigenvalue weighted by molar-refractivity contribution is -0.181. The van der Waals surface area contributed by atoms with Crippen molar-refractivity contribution in [3.63, 3.8) is 0 Å². The molecule has 218 valence electrons. The van der Waals surface area contributed by atoms with E-state index in [9.17, 15) is 34.2 Å². The molecule has 0 radical (unpaired) electrons. The Bertz CT molecular complexity index is 1300. The Morgan fingerprint density at radius 3 is 2.40 bits per heavy atom. The first-order valence-corrected chi connectivity index (χ1v) is 13.5. The van der Waals surface area contributed by atoms with Gasteiger partial charge in [-0.25, -0.2) is 4.39 Å². The Balaban J connectivity index is 1.87.